The molecule has 3 rings (SSSR count). The first kappa shape index (κ1) is 18.4. The molecule has 0 atom stereocenters. The minimum atomic E-state index is -3.51. The van der Waals surface area contributed by atoms with E-state index in [1.807, 2.05) is 6.92 Å². The van der Waals surface area contributed by atoms with E-state index in [1.54, 1.807) is 17.0 Å². The number of hydrogen-bond donors (Lipinski definition) is 2. The number of carbonyl (C=O) groups excluding carboxylic acids is 1. The molecule has 2 fully saturated rings. The Bertz CT molecular complexity index is 718. The Morgan fingerprint density at radius 3 is 2.36 bits per heavy atom. The van der Waals surface area contributed by atoms with Crippen molar-refractivity contribution in [2.24, 2.45) is 5.92 Å². The van der Waals surface area contributed by atoms with E-state index in [4.69, 9.17) is 0 Å². The fraction of sp³-hybridized carbons (Fsp3) is 0.611. The molecule has 7 heteroatoms. The van der Waals surface area contributed by atoms with E-state index in [0.29, 0.717) is 31.1 Å². The molecule has 0 bridgehead atoms. The van der Waals surface area contributed by atoms with Gasteiger partial charge in [0.05, 0.1) is 10.5 Å². The number of sulfonamides is 1. The van der Waals surface area contributed by atoms with Crippen LogP contribution in [-0.4, -0.2) is 49.6 Å². The van der Waals surface area contributed by atoms with Crippen LogP contribution < -0.4 is 4.72 Å². The lowest BCUT2D eigenvalue weighted by Gasteiger charge is -2.34. The summed E-state index contributed by atoms with van der Waals surface area (Å²) in [7, 11) is -3.51. The van der Waals surface area contributed by atoms with Crippen LogP contribution in [-0.2, 0) is 10.0 Å². The van der Waals surface area contributed by atoms with E-state index in [0.717, 1.165) is 32.1 Å². The number of carbonyl (C=O) groups is 1. The number of rotatable bonds is 6. The first-order valence-corrected chi connectivity index (χ1v) is 10.5. The van der Waals surface area contributed by atoms with Crippen LogP contribution in [0.2, 0.25) is 0 Å². The second kappa shape index (κ2) is 7.05. The molecule has 1 aliphatic carbocycles. The summed E-state index contributed by atoms with van der Waals surface area (Å²) < 4.78 is 26.7. The summed E-state index contributed by atoms with van der Waals surface area (Å²) >= 11 is 0. The normalized spacial score (nSPS) is 20.5. The molecule has 1 saturated carbocycles. The lowest BCUT2D eigenvalue weighted by molar-refractivity contribution is 0.0340. The standard InChI is InChI=1S/C18H26N2O4S/c1-2-11-19-25(23,24)16-5-3-14(4-6-16)17(21)20-12-7-15(8-13-20)18(22)9-10-18/h3-6,15,19,22H,2,7-13H2,1H3. The molecule has 1 amide bonds. The van der Waals surface area contributed by atoms with Crippen LogP contribution in [0.15, 0.2) is 29.2 Å². The quantitative estimate of drug-likeness (QED) is 0.803. The number of piperidine rings is 1. The molecule has 6 nitrogen and oxygen atoms in total. The maximum atomic E-state index is 12.6. The van der Waals surface area contributed by atoms with Crippen molar-refractivity contribution in [1.82, 2.24) is 9.62 Å². The average molecular weight is 366 g/mol. The van der Waals surface area contributed by atoms with Gasteiger partial charge in [0.25, 0.3) is 5.91 Å². The first-order chi connectivity index (χ1) is 11.9. The molecule has 0 spiro atoms. The summed E-state index contributed by atoms with van der Waals surface area (Å²) in [5.41, 5.74) is 0.0226. The summed E-state index contributed by atoms with van der Waals surface area (Å²) in [5, 5.41) is 10.2. The zero-order chi connectivity index (χ0) is 18.1. The highest BCUT2D eigenvalue weighted by molar-refractivity contribution is 7.89. The molecule has 25 heavy (non-hydrogen) atoms. The van der Waals surface area contributed by atoms with E-state index in [9.17, 15) is 18.3 Å². The SMILES string of the molecule is CCCNS(=O)(=O)c1ccc(C(=O)N2CCC(C3(O)CC3)CC2)cc1. The Kier molecular flexibility index (Phi) is 5.18. The van der Waals surface area contributed by atoms with Crippen molar-refractivity contribution >= 4 is 15.9 Å². The molecule has 1 aliphatic heterocycles. The van der Waals surface area contributed by atoms with Gasteiger partial charge in [-0.3, -0.25) is 4.79 Å². The molecule has 2 aliphatic rings. The molecule has 0 unspecified atom stereocenters. The Labute approximate surface area is 149 Å². The highest BCUT2D eigenvalue weighted by Crippen LogP contribution is 2.46. The maximum Gasteiger partial charge on any atom is 0.253 e. The number of aliphatic hydroxyl groups is 1. The van der Waals surface area contributed by atoms with Crippen molar-refractivity contribution in [3.8, 4) is 0 Å². The predicted octanol–water partition coefficient (Wildman–Crippen LogP) is 1.75. The smallest absolute Gasteiger partial charge is 0.253 e. The van der Waals surface area contributed by atoms with Gasteiger partial charge in [-0.25, -0.2) is 13.1 Å². The third-order valence-corrected chi connectivity index (χ3v) is 6.73. The molecular formula is C18H26N2O4S. The van der Waals surface area contributed by atoms with Gasteiger partial charge in [-0.1, -0.05) is 6.92 Å². The van der Waals surface area contributed by atoms with E-state index in [-0.39, 0.29) is 10.8 Å². The fourth-order valence-electron chi connectivity index (χ4n) is 3.44. The number of likely N-dealkylation sites (tertiary alicyclic amines) is 1. The Morgan fingerprint density at radius 1 is 1.24 bits per heavy atom. The second-order valence-corrected chi connectivity index (χ2v) is 8.86. The third-order valence-electron chi connectivity index (χ3n) is 5.26. The number of nitrogens with one attached hydrogen (secondary N) is 1. The number of nitrogens with zero attached hydrogens (tertiary/aromatic N) is 1. The Hall–Kier alpha value is -1.44. The van der Waals surface area contributed by atoms with Gasteiger partial charge in [0.1, 0.15) is 0 Å². The minimum Gasteiger partial charge on any atom is -0.390 e. The zero-order valence-corrected chi connectivity index (χ0v) is 15.4. The molecule has 1 aromatic carbocycles. The second-order valence-electron chi connectivity index (χ2n) is 7.09. The van der Waals surface area contributed by atoms with Gasteiger partial charge in [-0.05, 0) is 62.3 Å². The first-order valence-electron chi connectivity index (χ1n) is 8.97. The fourth-order valence-corrected chi connectivity index (χ4v) is 4.57. The number of benzene rings is 1. The topological polar surface area (TPSA) is 86.7 Å². The number of hydrogen-bond acceptors (Lipinski definition) is 4. The van der Waals surface area contributed by atoms with Gasteiger partial charge in [-0.2, -0.15) is 0 Å². The van der Waals surface area contributed by atoms with Crippen molar-refractivity contribution in [2.45, 2.75) is 49.5 Å². The maximum absolute atomic E-state index is 12.6. The predicted molar refractivity (Wildman–Crippen MR) is 94.7 cm³/mol. The van der Waals surface area contributed by atoms with E-state index in [1.165, 1.54) is 12.1 Å². The van der Waals surface area contributed by atoms with Crippen molar-refractivity contribution in [2.75, 3.05) is 19.6 Å². The lowest BCUT2D eigenvalue weighted by atomic mass is 9.89. The Morgan fingerprint density at radius 2 is 1.84 bits per heavy atom. The highest BCUT2D eigenvalue weighted by atomic mass is 32.2. The van der Waals surface area contributed by atoms with Gasteiger partial charge in [-0.15, -0.1) is 0 Å². The van der Waals surface area contributed by atoms with Crippen LogP contribution in [0.5, 0.6) is 0 Å². The molecule has 1 heterocycles. The zero-order valence-electron chi connectivity index (χ0n) is 14.6. The van der Waals surface area contributed by atoms with Crippen LogP contribution in [0.25, 0.3) is 0 Å². The largest absolute Gasteiger partial charge is 0.390 e. The molecule has 2 N–H and O–H groups in total. The van der Waals surface area contributed by atoms with Crippen molar-refractivity contribution in [3.63, 3.8) is 0 Å². The van der Waals surface area contributed by atoms with E-state index in [2.05, 4.69) is 4.72 Å². The summed E-state index contributed by atoms with van der Waals surface area (Å²) in [6.07, 6.45) is 4.15. The van der Waals surface area contributed by atoms with Crippen molar-refractivity contribution in [1.29, 1.82) is 0 Å². The van der Waals surface area contributed by atoms with Crippen molar-refractivity contribution in [3.05, 3.63) is 29.8 Å². The molecule has 0 radical (unpaired) electrons. The molecule has 138 valence electrons. The van der Waals surface area contributed by atoms with Crippen LogP contribution in [0, 0.1) is 5.92 Å². The molecule has 1 aromatic rings. The van der Waals surface area contributed by atoms with Gasteiger partial charge in [0, 0.05) is 25.2 Å². The van der Waals surface area contributed by atoms with Gasteiger partial charge in [0.2, 0.25) is 10.0 Å². The van der Waals surface area contributed by atoms with Gasteiger partial charge >= 0.3 is 0 Å². The summed E-state index contributed by atoms with van der Waals surface area (Å²) in [6, 6.07) is 6.10. The molecule has 0 aromatic heterocycles. The van der Waals surface area contributed by atoms with Crippen LogP contribution in [0.1, 0.15) is 49.4 Å². The summed E-state index contributed by atoms with van der Waals surface area (Å²) in [4.78, 5) is 14.6. The van der Waals surface area contributed by atoms with E-state index < -0.39 is 15.6 Å². The lowest BCUT2D eigenvalue weighted by Crippen LogP contribution is -2.41. The average Bonchev–Trinajstić information content (AvgIpc) is 3.38. The highest BCUT2D eigenvalue weighted by Gasteiger charge is 2.48. The summed E-state index contributed by atoms with van der Waals surface area (Å²) in [5.74, 6) is 0.223. The van der Waals surface area contributed by atoms with E-state index >= 15 is 0 Å². The summed E-state index contributed by atoms with van der Waals surface area (Å²) in [6.45, 7) is 3.58. The van der Waals surface area contributed by atoms with Crippen LogP contribution >= 0.6 is 0 Å². The number of amides is 1. The van der Waals surface area contributed by atoms with Gasteiger partial charge in [0.15, 0.2) is 0 Å². The molecular weight excluding hydrogens is 340 g/mol. The minimum absolute atomic E-state index is 0.0771. The monoisotopic (exact) mass is 366 g/mol. The van der Waals surface area contributed by atoms with Crippen LogP contribution in [0.3, 0.4) is 0 Å². The molecule has 1 saturated heterocycles. The Balaban J connectivity index is 1.61. The third kappa shape index (κ3) is 4.04. The van der Waals surface area contributed by atoms with Crippen molar-refractivity contribution < 1.29 is 18.3 Å². The van der Waals surface area contributed by atoms with Gasteiger partial charge < -0.3 is 10.0 Å². The van der Waals surface area contributed by atoms with Crippen LogP contribution in [0.4, 0.5) is 0 Å².